The van der Waals surface area contributed by atoms with Crippen LogP contribution in [0.2, 0.25) is 0 Å². The standard InChI is InChI=1S/C16H24N4O2/c1-16(2,15(22)20-10-8-19(3)9-11-20)14(21)18-12-13-4-6-17-7-5-13/h4-7H,8-12H2,1-3H3,(H,18,21). The molecule has 1 aliphatic rings. The number of pyridine rings is 1. The molecule has 0 bridgehead atoms. The van der Waals surface area contributed by atoms with Crippen molar-refractivity contribution in [3.05, 3.63) is 30.1 Å². The Morgan fingerprint density at radius 3 is 2.36 bits per heavy atom. The number of carbonyl (C=O) groups is 2. The van der Waals surface area contributed by atoms with E-state index in [1.54, 1.807) is 31.1 Å². The Kier molecular flexibility index (Phi) is 5.13. The molecule has 2 heterocycles. The second-order valence-electron chi connectivity index (χ2n) is 6.26. The van der Waals surface area contributed by atoms with Crippen LogP contribution < -0.4 is 5.32 Å². The predicted molar refractivity (Wildman–Crippen MR) is 83.9 cm³/mol. The summed E-state index contributed by atoms with van der Waals surface area (Å²) in [6.45, 7) is 6.83. The van der Waals surface area contributed by atoms with Gasteiger partial charge in [0.15, 0.2) is 0 Å². The largest absolute Gasteiger partial charge is 0.351 e. The van der Waals surface area contributed by atoms with Crippen molar-refractivity contribution in [1.29, 1.82) is 0 Å². The molecular weight excluding hydrogens is 280 g/mol. The minimum absolute atomic E-state index is 0.104. The zero-order chi connectivity index (χ0) is 16.2. The van der Waals surface area contributed by atoms with Crippen molar-refractivity contribution in [1.82, 2.24) is 20.1 Å². The summed E-state index contributed by atoms with van der Waals surface area (Å²) in [4.78, 5) is 32.9. The second-order valence-corrected chi connectivity index (χ2v) is 6.26. The Bertz CT molecular complexity index is 522. The second kappa shape index (κ2) is 6.87. The van der Waals surface area contributed by atoms with Crippen LogP contribution in [0.25, 0.3) is 0 Å². The van der Waals surface area contributed by atoms with Crippen molar-refractivity contribution in [3.8, 4) is 0 Å². The highest BCUT2D eigenvalue weighted by Gasteiger charge is 2.39. The lowest BCUT2D eigenvalue weighted by Crippen LogP contribution is -2.54. The number of hydrogen-bond acceptors (Lipinski definition) is 4. The molecular formula is C16H24N4O2. The molecule has 1 aliphatic heterocycles. The molecule has 0 spiro atoms. The summed E-state index contributed by atoms with van der Waals surface area (Å²) in [5.74, 6) is -0.346. The summed E-state index contributed by atoms with van der Waals surface area (Å²) < 4.78 is 0. The van der Waals surface area contributed by atoms with Crippen molar-refractivity contribution < 1.29 is 9.59 Å². The molecule has 0 unspecified atom stereocenters. The van der Waals surface area contributed by atoms with Gasteiger partial charge in [0.1, 0.15) is 5.41 Å². The van der Waals surface area contributed by atoms with Crippen LogP contribution in [0, 0.1) is 5.41 Å². The van der Waals surface area contributed by atoms with Crippen LogP contribution in [-0.2, 0) is 16.1 Å². The number of piperazine rings is 1. The molecule has 6 nitrogen and oxygen atoms in total. The number of nitrogens with zero attached hydrogens (tertiary/aromatic N) is 3. The first-order valence-electron chi connectivity index (χ1n) is 7.56. The normalized spacial score (nSPS) is 16.4. The van der Waals surface area contributed by atoms with Crippen molar-refractivity contribution in [2.75, 3.05) is 33.2 Å². The third kappa shape index (κ3) is 3.82. The van der Waals surface area contributed by atoms with Gasteiger partial charge in [-0.25, -0.2) is 0 Å². The summed E-state index contributed by atoms with van der Waals surface area (Å²) >= 11 is 0. The lowest BCUT2D eigenvalue weighted by molar-refractivity contribution is -0.149. The van der Waals surface area contributed by atoms with Crippen LogP contribution in [-0.4, -0.2) is 59.8 Å². The van der Waals surface area contributed by atoms with E-state index in [0.717, 1.165) is 18.7 Å². The maximum atomic E-state index is 12.6. The van der Waals surface area contributed by atoms with Gasteiger partial charge in [0.2, 0.25) is 11.8 Å². The Labute approximate surface area is 131 Å². The molecule has 0 aromatic carbocycles. The molecule has 6 heteroatoms. The Hall–Kier alpha value is -1.95. The molecule has 0 aliphatic carbocycles. The summed E-state index contributed by atoms with van der Waals surface area (Å²) in [5, 5.41) is 2.84. The quantitative estimate of drug-likeness (QED) is 0.823. The van der Waals surface area contributed by atoms with Crippen LogP contribution in [0.1, 0.15) is 19.4 Å². The van der Waals surface area contributed by atoms with Crippen molar-refractivity contribution in [2.45, 2.75) is 20.4 Å². The van der Waals surface area contributed by atoms with E-state index in [0.29, 0.717) is 19.6 Å². The van der Waals surface area contributed by atoms with Crippen LogP contribution in [0.3, 0.4) is 0 Å². The summed E-state index contributed by atoms with van der Waals surface area (Å²) in [7, 11) is 2.04. The van der Waals surface area contributed by atoms with Crippen LogP contribution in [0.5, 0.6) is 0 Å². The van der Waals surface area contributed by atoms with Gasteiger partial charge in [0.05, 0.1) is 0 Å². The van der Waals surface area contributed by atoms with Gasteiger partial charge < -0.3 is 15.1 Å². The van der Waals surface area contributed by atoms with Crippen LogP contribution in [0.4, 0.5) is 0 Å². The minimum Gasteiger partial charge on any atom is -0.351 e. The van der Waals surface area contributed by atoms with Gasteiger partial charge in [0, 0.05) is 45.1 Å². The highest BCUT2D eigenvalue weighted by molar-refractivity contribution is 6.04. The first kappa shape index (κ1) is 16.4. The molecule has 1 fully saturated rings. The molecule has 0 atom stereocenters. The molecule has 22 heavy (non-hydrogen) atoms. The molecule has 1 N–H and O–H groups in total. The van der Waals surface area contributed by atoms with Crippen LogP contribution in [0.15, 0.2) is 24.5 Å². The molecule has 1 aromatic heterocycles. The van der Waals surface area contributed by atoms with E-state index in [-0.39, 0.29) is 11.8 Å². The number of rotatable bonds is 4. The number of aromatic nitrogens is 1. The summed E-state index contributed by atoms with van der Waals surface area (Å²) in [6.07, 6.45) is 3.37. The van der Waals surface area contributed by atoms with E-state index >= 15 is 0 Å². The lowest BCUT2D eigenvalue weighted by Gasteiger charge is -2.36. The molecule has 0 radical (unpaired) electrons. The minimum atomic E-state index is -1.05. The fraction of sp³-hybridized carbons (Fsp3) is 0.562. The van der Waals surface area contributed by atoms with E-state index in [9.17, 15) is 9.59 Å². The van der Waals surface area contributed by atoms with Gasteiger partial charge >= 0.3 is 0 Å². The number of amides is 2. The Morgan fingerprint density at radius 2 is 1.77 bits per heavy atom. The molecule has 120 valence electrons. The molecule has 1 aromatic rings. The third-order valence-corrected chi connectivity index (χ3v) is 4.10. The first-order valence-corrected chi connectivity index (χ1v) is 7.56. The fourth-order valence-corrected chi connectivity index (χ4v) is 2.41. The Morgan fingerprint density at radius 1 is 1.18 bits per heavy atom. The van der Waals surface area contributed by atoms with Crippen LogP contribution >= 0.6 is 0 Å². The van der Waals surface area contributed by atoms with Gasteiger partial charge in [-0.1, -0.05) is 0 Å². The average molecular weight is 304 g/mol. The highest BCUT2D eigenvalue weighted by atomic mass is 16.2. The fourth-order valence-electron chi connectivity index (χ4n) is 2.41. The maximum absolute atomic E-state index is 12.6. The van der Waals surface area contributed by atoms with Crippen molar-refractivity contribution in [3.63, 3.8) is 0 Å². The molecule has 1 saturated heterocycles. The van der Waals surface area contributed by atoms with Gasteiger partial charge in [-0.05, 0) is 38.6 Å². The lowest BCUT2D eigenvalue weighted by atomic mass is 9.90. The molecule has 2 rings (SSSR count). The summed E-state index contributed by atoms with van der Waals surface area (Å²) in [5.41, 5.74) is -0.0886. The van der Waals surface area contributed by atoms with E-state index < -0.39 is 5.41 Å². The molecule has 2 amide bonds. The number of hydrogen-bond donors (Lipinski definition) is 1. The highest BCUT2D eigenvalue weighted by Crippen LogP contribution is 2.20. The zero-order valence-corrected chi connectivity index (χ0v) is 13.5. The van der Waals surface area contributed by atoms with E-state index in [1.807, 2.05) is 19.2 Å². The zero-order valence-electron chi connectivity index (χ0n) is 13.5. The maximum Gasteiger partial charge on any atom is 0.237 e. The monoisotopic (exact) mass is 304 g/mol. The first-order chi connectivity index (χ1) is 10.4. The van der Waals surface area contributed by atoms with E-state index in [1.165, 1.54) is 0 Å². The SMILES string of the molecule is CN1CCN(C(=O)C(C)(C)C(=O)NCc2ccncc2)CC1. The number of carbonyl (C=O) groups excluding carboxylic acids is 2. The Balaban J connectivity index is 1.93. The predicted octanol–water partition coefficient (Wildman–Crippen LogP) is 0.498. The average Bonchev–Trinajstić information content (AvgIpc) is 2.53. The van der Waals surface area contributed by atoms with Gasteiger partial charge in [-0.3, -0.25) is 14.6 Å². The molecule has 0 saturated carbocycles. The van der Waals surface area contributed by atoms with Gasteiger partial charge in [0.25, 0.3) is 0 Å². The van der Waals surface area contributed by atoms with Gasteiger partial charge in [-0.15, -0.1) is 0 Å². The smallest absolute Gasteiger partial charge is 0.237 e. The summed E-state index contributed by atoms with van der Waals surface area (Å²) in [6, 6.07) is 3.69. The van der Waals surface area contributed by atoms with E-state index in [4.69, 9.17) is 0 Å². The van der Waals surface area contributed by atoms with Crippen molar-refractivity contribution in [2.24, 2.45) is 5.41 Å². The van der Waals surface area contributed by atoms with E-state index in [2.05, 4.69) is 15.2 Å². The van der Waals surface area contributed by atoms with Gasteiger partial charge in [-0.2, -0.15) is 0 Å². The van der Waals surface area contributed by atoms with Crippen molar-refractivity contribution >= 4 is 11.8 Å². The third-order valence-electron chi connectivity index (χ3n) is 4.10. The number of likely N-dealkylation sites (N-methyl/N-ethyl adjacent to an activating group) is 1. The topological polar surface area (TPSA) is 65.5 Å². The number of nitrogens with one attached hydrogen (secondary N) is 1.